The van der Waals surface area contributed by atoms with Gasteiger partial charge < -0.3 is 34.8 Å². The summed E-state index contributed by atoms with van der Waals surface area (Å²) in [6, 6.07) is 135. The topological polar surface area (TPSA) is 182 Å². The van der Waals surface area contributed by atoms with Crippen LogP contribution < -0.4 is 52.0 Å². The molecule has 0 aliphatic carbocycles. The van der Waals surface area contributed by atoms with E-state index in [1.165, 1.54) is 48.6 Å². The molecule has 0 aliphatic rings. The molecule has 18 aromatic rings. The second-order valence-electron chi connectivity index (χ2n) is 33.2. The molecule has 0 saturated heterocycles. The van der Waals surface area contributed by atoms with Gasteiger partial charge in [-0.05, 0) is 268 Å². The summed E-state index contributed by atoms with van der Waals surface area (Å²) in [5.41, 5.74) is 24.3. The van der Waals surface area contributed by atoms with Crippen LogP contribution in [0, 0.1) is 20.8 Å². The molecular formula is C123H99N3O10. The van der Waals surface area contributed by atoms with Crippen molar-refractivity contribution in [2.45, 2.75) is 53.4 Å². The van der Waals surface area contributed by atoms with E-state index in [0.717, 1.165) is 159 Å². The lowest BCUT2D eigenvalue weighted by Crippen LogP contribution is -2.32. The molecule has 0 bridgehead atoms. The standard InChI is InChI=1S/C52H37NO3.C40H31NO3.C31H31NO4/c54-50-47(51(55)52(50)56)34-27-37-21-28-44(29-22-37)53(45-30-23-38(24-31-45)35-48(40-13-5-1-6-14-40)41-15-7-2-8-16-41)46-32-25-39(26-33-46)36-49(42-17-9-3-10-18-42)43-19-11-4-12-20-43;1-27-13-24-37(28(2)25-27)41(33-19-14-29(15-20-33)18-23-35-38(42)40(44)39(35)43)34-21-16-30(17-22-34)26-36(31-9-5-3-6-10-31)32-11-7-4-8-12-32;1-3-4-5-6-21-36-27-18-16-26(17-19-27)32(24-12-7-22(2)8-13-24)25-14-9-23(10-15-25)11-20-28-29(33)31(35)30(28)34/h1-36,54H;3-26,42H,1-2H3;7-20,33H,3-6,21H2,1-2H3/b34-27+;23-18+;20-11+. The first-order chi connectivity index (χ1) is 66.4. The summed E-state index contributed by atoms with van der Waals surface area (Å²) in [7, 11) is 0. The van der Waals surface area contributed by atoms with Gasteiger partial charge in [0.15, 0.2) is 17.2 Å². The summed E-state index contributed by atoms with van der Waals surface area (Å²) in [5.74, 6) is -0.556. The van der Waals surface area contributed by atoms with Crippen molar-refractivity contribution in [2.24, 2.45) is 0 Å². The molecule has 0 amide bonds. The zero-order chi connectivity index (χ0) is 94.4. The Balaban J connectivity index is 0.000000152. The summed E-state index contributed by atoms with van der Waals surface area (Å²) < 4.78 is 5.92. The first kappa shape index (κ1) is 91.9. The first-order valence-corrected chi connectivity index (χ1v) is 45.3. The third kappa shape index (κ3) is 22.1. The Bertz CT molecular complexity index is 7300. The molecule has 0 aliphatic heterocycles. The number of aromatic hydroxyl groups is 3. The van der Waals surface area contributed by atoms with E-state index in [-0.39, 0.29) is 16.7 Å². The van der Waals surface area contributed by atoms with E-state index in [1.807, 2.05) is 121 Å². The fourth-order valence-corrected chi connectivity index (χ4v) is 16.2. The van der Waals surface area contributed by atoms with Crippen molar-refractivity contribution >= 4 is 123 Å². The predicted octanol–water partition coefficient (Wildman–Crippen LogP) is 27.5. The van der Waals surface area contributed by atoms with Gasteiger partial charge in [0, 0.05) is 51.2 Å². The molecule has 0 heterocycles. The SMILES string of the molecule is CCCCCCOc1ccc(N(c2ccc(C)cc2)c2ccc(/C=C/c3c(O)c(=O)c3=O)cc2)cc1.Cc1ccc(N(c2ccc(C=C(c3ccccc3)c3ccccc3)cc2)c2ccc(/C=C/c3c(O)c(=O)c3=O)cc2)c(C)c1.O=c1c(O)c(/C=C/c2ccc(N(c3ccc(C=C(c4ccccc4)c4ccccc4)cc3)c3ccc(C=C(c4ccccc4)c4ccccc4)cc3)cc2)c1=O. The molecule has 0 radical (unpaired) electrons. The Labute approximate surface area is 791 Å². The minimum absolute atomic E-state index is 0.0364. The highest BCUT2D eigenvalue weighted by molar-refractivity contribution is 5.95. The van der Waals surface area contributed by atoms with Gasteiger partial charge in [-0.25, -0.2) is 0 Å². The van der Waals surface area contributed by atoms with Crippen LogP contribution in [0.5, 0.6) is 23.0 Å². The molecule has 0 atom stereocenters. The zero-order valence-corrected chi connectivity index (χ0v) is 75.8. The van der Waals surface area contributed by atoms with E-state index in [1.54, 1.807) is 18.2 Å². The molecule has 0 aromatic heterocycles. The van der Waals surface area contributed by atoms with Gasteiger partial charge in [-0.1, -0.05) is 335 Å². The lowest BCUT2D eigenvalue weighted by molar-refractivity contribution is 0.305. The van der Waals surface area contributed by atoms with Crippen molar-refractivity contribution in [3.8, 4) is 23.0 Å². The van der Waals surface area contributed by atoms with E-state index in [0.29, 0.717) is 0 Å². The smallest absolute Gasteiger partial charge is 0.268 e. The van der Waals surface area contributed by atoms with Crippen LogP contribution in [0.1, 0.15) is 133 Å². The highest BCUT2D eigenvalue weighted by atomic mass is 16.5. The van der Waals surface area contributed by atoms with Crippen molar-refractivity contribution < 1.29 is 20.1 Å². The third-order valence-corrected chi connectivity index (χ3v) is 23.7. The predicted molar refractivity (Wildman–Crippen MR) is 563 cm³/mol. The Hall–Kier alpha value is -17.4. The normalized spacial score (nSPS) is 11.1. The monoisotopic (exact) mass is 1780 g/mol. The number of rotatable bonds is 30. The van der Waals surface area contributed by atoms with Gasteiger partial charge in [0.25, 0.3) is 16.3 Å². The molecule has 0 unspecified atom stereocenters. The number of aryl methyl sites for hydroxylation is 3. The molecule has 136 heavy (non-hydrogen) atoms. The van der Waals surface area contributed by atoms with Gasteiger partial charge >= 0.3 is 0 Å². The average Bonchev–Trinajstić information content (AvgIpc) is 0.782. The molecular weight excluding hydrogens is 1680 g/mol. The molecule has 0 saturated carbocycles. The molecule has 13 nitrogen and oxygen atoms in total. The molecule has 0 fully saturated rings. The van der Waals surface area contributed by atoms with Crippen molar-refractivity contribution in [2.75, 3.05) is 21.3 Å². The summed E-state index contributed by atoms with van der Waals surface area (Å²) >= 11 is 0. The van der Waals surface area contributed by atoms with E-state index in [4.69, 9.17) is 4.74 Å². The third-order valence-electron chi connectivity index (χ3n) is 23.7. The van der Waals surface area contributed by atoms with E-state index in [2.05, 4.69) is 334 Å². The molecule has 13 heteroatoms. The minimum atomic E-state index is -0.841. The number of hydrogen-bond donors (Lipinski definition) is 3. The Kier molecular flexibility index (Phi) is 29.4. The summed E-state index contributed by atoms with van der Waals surface area (Å²) in [5, 5.41) is 29.0. The highest BCUT2D eigenvalue weighted by Gasteiger charge is 2.23. The molecule has 18 rings (SSSR count). The van der Waals surface area contributed by atoms with E-state index < -0.39 is 49.8 Å². The highest BCUT2D eigenvalue weighted by Crippen LogP contribution is 2.42. The van der Waals surface area contributed by atoms with Gasteiger partial charge in [-0.15, -0.1) is 0 Å². The number of anilines is 9. The van der Waals surface area contributed by atoms with Crippen LogP contribution in [0.15, 0.2) is 423 Å². The van der Waals surface area contributed by atoms with Gasteiger partial charge in [0.1, 0.15) is 5.75 Å². The summed E-state index contributed by atoms with van der Waals surface area (Å²) in [6.45, 7) is 9.20. The van der Waals surface area contributed by atoms with Crippen LogP contribution >= 0.6 is 0 Å². The lowest BCUT2D eigenvalue weighted by atomic mass is 9.95. The van der Waals surface area contributed by atoms with Crippen molar-refractivity contribution in [3.05, 3.63) is 556 Å². The quantitative estimate of drug-likeness (QED) is 0.0220. The maximum atomic E-state index is 11.9. The second kappa shape index (κ2) is 43.5. The van der Waals surface area contributed by atoms with Gasteiger partial charge in [0.05, 0.1) is 23.3 Å². The second-order valence-corrected chi connectivity index (χ2v) is 33.2. The van der Waals surface area contributed by atoms with Crippen LogP contribution in [0.2, 0.25) is 0 Å². The Morgan fingerprint density at radius 1 is 0.257 bits per heavy atom. The van der Waals surface area contributed by atoms with E-state index >= 15 is 0 Å². The van der Waals surface area contributed by atoms with Crippen molar-refractivity contribution in [1.29, 1.82) is 0 Å². The maximum Gasteiger partial charge on any atom is 0.268 e. The average molecular weight is 1780 g/mol. The van der Waals surface area contributed by atoms with Crippen LogP contribution in [-0.2, 0) is 0 Å². The maximum absolute atomic E-state index is 11.9. The minimum Gasteiger partial charge on any atom is -0.504 e. The summed E-state index contributed by atoms with van der Waals surface area (Å²) in [6.07, 6.45) is 21.0. The van der Waals surface area contributed by atoms with Crippen molar-refractivity contribution in [3.63, 3.8) is 0 Å². The Morgan fingerprint density at radius 3 is 0.772 bits per heavy atom. The molecule has 0 spiro atoms. The summed E-state index contributed by atoms with van der Waals surface area (Å²) in [4.78, 5) is 75.7. The number of benzene rings is 15. The van der Waals surface area contributed by atoms with Gasteiger partial charge in [-0.3, -0.25) is 28.8 Å². The van der Waals surface area contributed by atoms with Crippen LogP contribution in [-0.4, -0.2) is 21.9 Å². The largest absolute Gasteiger partial charge is 0.504 e. The number of unbranched alkanes of at least 4 members (excludes halogenated alkanes) is 3. The van der Waals surface area contributed by atoms with Crippen LogP contribution in [0.25, 0.3) is 71.4 Å². The lowest BCUT2D eigenvalue weighted by Gasteiger charge is -2.27. The van der Waals surface area contributed by atoms with Crippen LogP contribution in [0.4, 0.5) is 51.2 Å². The van der Waals surface area contributed by atoms with Crippen molar-refractivity contribution in [1.82, 2.24) is 0 Å². The van der Waals surface area contributed by atoms with E-state index in [9.17, 15) is 44.1 Å². The molecule has 3 N–H and O–H groups in total. The molecule has 666 valence electrons. The van der Waals surface area contributed by atoms with Gasteiger partial charge in [0.2, 0.25) is 16.3 Å². The van der Waals surface area contributed by atoms with Gasteiger partial charge in [-0.2, -0.15) is 0 Å². The fraction of sp³-hybridized carbons (Fsp3) is 0.0732. The fourth-order valence-electron chi connectivity index (χ4n) is 16.2. The number of nitrogens with zero attached hydrogens (tertiary/aromatic N) is 3. The van der Waals surface area contributed by atoms with Crippen LogP contribution in [0.3, 0.4) is 0 Å². The first-order valence-electron chi connectivity index (χ1n) is 45.3. The number of ether oxygens (including phenoxy) is 1. The zero-order valence-electron chi connectivity index (χ0n) is 75.8. The molecule has 18 aromatic carbocycles. The Morgan fingerprint density at radius 2 is 0.507 bits per heavy atom. The number of hydrogen-bond acceptors (Lipinski definition) is 13.